The van der Waals surface area contributed by atoms with Crippen molar-refractivity contribution in [3.05, 3.63) is 0 Å². The average Bonchev–Trinajstić information content (AvgIpc) is 2.15. The van der Waals surface area contributed by atoms with Crippen LogP contribution < -0.4 is 5.32 Å². The monoisotopic (exact) mass is 252 g/mol. The van der Waals surface area contributed by atoms with Gasteiger partial charge in [0.15, 0.2) is 0 Å². The topological polar surface area (TPSA) is 15.3 Å². The Morgan fingerprint density at radius 2 is 2.00 bits per heavy atom. The molecule has 0 bridgehead atoms. The molecule has 5 heteroatoms. The van der Waals surface area contributed by atoms with Gasteiger partial charge < -0.3 is 5.32 Å². The zero-order valence-corrected chi connectivity index (χ0v) is 10.7. The zero-order valence-electron chi connectivity index (χ0n) is 10.7. The Bertz CT molecular complexity index is 222. The standard InChI is InChI=1S/C12H23F3N2/c1-3-8-17(10-12(13,14)15)9-11(2)6-4-5-7-16-11/h16H,3-10H2,1-2H3. The van der Waals surface area contributed by atoms with Gasteiger partial charge in [0.25, 0.3) is 0 Å². The van der Waals surface area contributed by atoms with Gasteiger partial charge in [0, 0.05) is 12.1 Å². The van der Waals surface area contributed by atoms with Crippen LogP contribution in [0.3, 0.4) is 0 Å². The second kappa shape index (κ2) is 6.05. The Morgan fingerprint density at radius 3 is 2.47 bits per heavy atom. The molecule has 0 aliphatic carbocycles. The van der Waals surface area contributed by atoms with Crippen LogP contribution in [-0.4, -0.2) is 42.8 Å². The largest absolute Gasteiger partial charge is 0.401 e. The van der Waals surface area contributed by atoms with Crippen LogP contribution in [-0.2, 0) is 0 Å². The van der Waals surface area contributed by atoms with Crippen molar-refractivity contribution in [2.45, 2.75) is 51.2 Å². The number of hydrogen-bond donors (Lipinski definition) is 1. The van der Waals surface area contributed by atoms with Crippen molar-refractivity contribution < 1.29 is 13.2 Å². The van der Waals surface area contributed by atoms with Gasteiger partial charge in [0.1, 0.15) is 0 Å². The summed E-state index contributed by atoms with van der Waals surface area (Å²) in [7, 11) is 0. The van der Waals surface area contributed by atoms with Crippen molar-refractivity contribution in [3.8, 4) is 0 Å². The number of halogens is 3. The minimum absolute atomic E-state index is 0.154. The van der Waals surface area contributed by atoms with Crippen molar-refractivity contribution in [3.63, 3.8) is 0 Å². The van der Waals surface area contributed by atoms with Crippen LogP contribution in [0.25, 0.3) is 0 Å². The summed E-state index contributed by atoms with van der Waals surface area (Å²) in [6, 6.07) is 0. The van der Waals surface area contributed by atoms with E-state index in [-0.39, 0.29) is 5.54 Å². The van der Waals surface area contributed by atoms with Gasteiger partial charge in [-0.05, 0) is 39.3 Å². The smallest absolute Gasteiger partial charge is 0.310 e. The van der Waals surface area contributed by atoms with E-state index < -0.39 is 12.7 Å². The molecule has 0 saturated carbocycles. The van der Waals surface area contributed by atoms with Crippen LogP contribution in [0.2, 0.25) is 0 Å². The summed E-state index contributed by atoms with van der Waals surface area (Å²) in [5.41, 5.74) is -0.154. The van der Waals surface area contributed by atoms with E-state index in [2.05, 4.69) is 5.32 Å². The van der Waals surface area contributed by atoms with Gasteiger partial charge in [0.05, 0.1) is 6.54 Å². The molecule has 1 fully saturated rings. The van der Waals surface area contributed by atoms with Crippen LogP contribution in [0.15, 0.2) is 0 Å². The van der Waals surface area contributed by atoms with Crippen LogP contribution >= 0.6 is 0 Å². The van der Waals surface area contributed by atoms with Crippen molar-refractivity contribution in [2.24, 2.45) is 0 Å². The molecule has 1 aliphatic rings. The quantitative estimate of drug-likeness (QED) is 0.809. The summed E-state index contributed by atoms with van der Waals surface area (Å²) in [5.74, 6) is 0. The third kappa shape index (κ3) is 5.73. The van der Waals surface area contributed by atoms with E-state index >= 15 is 0 Å². The fraction of sp³-hybridized carbons (Fsp3) is 1.00. The summed E-state index contributed by atoms with van der Waals surface area (Å²) in [6.45, 7) is 5.07. The van der Waals surface area contributed by atoms with Crippen molar-refractivity contribution >= 4 is 0 Å². The Morgan fingerprint density at radius 1 is 1.29 bits per heavy atom. The van der Waals surface area contributed by atoms with E-state index in [1.807, 2.05) is 13.8 Å². The van der Waals surface area contributed by atoms with Crippen molar-refractivity contribution in [1.29, 1.82) is 0 Å². The van der Waals surface area contributed by atoms with Crippen LogP contribution in [0, 0.1) is 0 Å². The molecule has 17 heavy (non-hydrogen) atoms. The highest BCUT2D eigenvalue weighted by atomic mass is 19.4. The summed E-state index contributed by atoms with van der Waals surface area (Å²) < 4.78 is 37.3. The summed E-state index contributed by atoms with van der Waals surface area (Å²) in [4.78, 5) is 1.53. The van der Waals surface area contributed by atoms with E-state index in [4.69, 9.17) is 0 Å². The Hall–Kier alpha value is -0.290. The fourth-order valence-corrected chi connectivity index (χ4v) is 2.53. The summed E-state index contributed by atoms with van der Waals surface area (Å²) in [5, 5.41) is 3.36. The molecule has 102 valence electrons. The minimum Gasteiger partial charge on any atom is -0.310 e. The maximum atomic E-state index is 12.4. The molecule has 1 rings (SSSR count). The first-order valence-corrected chi connectivity index (χ1v) is 6.39. The second-order valence-corrected chi connectivity index (χ2v) is 5.27. The van der Waals surface area contributed by atoms with Crippen LogP contribution in [0.5, 0.6) is 0 Å². The lowest BCUT2D eigenvalue weighted by atomic mass is 9.90. The van der Waals surface area contributed by atoms with Gasteiger partial charge in [0.2, 0.25) is 0 Å². The average molecular weight is 252 g/mol. The molecule has 1 heterocycles. The summed E-state index contributed by atoms with van der Waals surface area (Å²) in [6.07, 6.45) is -0.143. The first-order chi connectivity index (χ1) is 7.85. The maximum Gasteiger partial charge on any atom is 0.401 e. The van der Waals surface area contributed by atoms with Crippen LogP contribution in [0.4, 0.5) is 13.2 Å². The minimum atomic E-state index is -4.10. The van der Waals surface area contributed by atoms with Gasteiger partial charge in [-0.15, -0.1) is 0 Å². The number of piperidine rings is 1. The lowest BCUT2D eigenvalue weighted by Crippen LogP contribution is -2.55. The first-order valence-electron chi connectivity index (χ1n) is 6.39. The first kappa shape index (κ1) is 14.8. The number of nitrogens with zero attached hydrogens (tertiary/aromatic N) is 1. The molecule has 0 aromatic rings. The maximum absolute atomic E-state index is 12.4. The Balaban J connectivity index is 2.52. The van der Waals surface area contributed by atoms with Gasteiger partial charge in [-0.3, -0.25) is 4.90 Å². The molecular formula is C12H23F3N2. The van der Waals surface area contributed by atoms with E-state index in [1.54, 1.807) is 0 Å². The van der Waals surface area contributed by atoms with Gasteiger partial charge in [-0.1, -0.05) is 13.3 Å². The lowest BCUT2D eigenvalue weighted by Gasteiger charge is -2.39. The van der Waals surface area contributed by atoms with Gasteiger partial charge in [-0.2, -0.15) is 13.2 Å². The summed E-state index contributed by atoms with van der Waals surface area (Å²) >= 11 is 0. The number of hydrogen-bond acceptors (Lipinski definition) is 2. The Labute approximate surface area is 102 Å². The van der Waals surface area contributed by atoms with Gasteiger partial charge >= 0.3 is 6.18 Å². The van der Waals surface area contributed by atoms with E-state index in [1.165, 1.54) is 4.90 Å². The highest BCUT2D eigenvalue weighted by molar-refractivity contribution is 4.89. The van der Waals surface area contributed by atoms with Crippen LogP contribution in [0.1, 0.15) is 39.5 Å². The SMILES string of the molecule is CCCN(CC(F)(F)F)CC1(C)CCCCN1. The normalized spacial score (nSPS) is 26.5. The third-order valence-electron chi connectivity index (χ3n) is 3.22. The molecule has 1 aliphatic heterocycles. The van der Waals surface area contributed by atoms with E-state index in [0.717, 1.165) is 32.2 Å². The molecule has 0 amide bonds. The molecule has 0 radical (unpaired) electrons. The predicted molar refractivity (Wildman–Crippen MR) is 63.0 cm³/mol. The van der Waals surface area contributed by atoms with Crippen molar-refractivity contribution in [1.82, 2.24) is 10.2 Å². The molecule has 0 spiro atoms. The lowest BCUT2D eigenvalue weighted by molar-refractivity contribution is -0.148. The van der Waals surface area contributed by atoms with E-state index in [0.29, 0.717) is 13.1 Å². The number of alkyl halides is 3. The molecule has 0 aromatic heterocycles. The molecule has 2 nitrogen and oxygen atoms in total. The van der Waals surface area contributed by atoms with Gasteiger partial charge in [-0.25, -0.2) is 0 Å². The highest BCUT2D eigenvalue weighted by Crippen LogP contribution is 2.23. The fourth-order valence-electron chi connectivity index (χ4n) is 2.53. The van der Waals surface area contributed by atoms with Crippen molar-refractivity contribution in [2.75, 3.05) is 26.2 Å². The molecule has 0 aromatic carbocycles. The number of rotatable bonds is 5. The second-order valence-electron chi connectivity index (χ2n) is 5.27. The van der Waals surface area contributed by atoms with E-state index in [9.17, 15) is 13.2 Å². The third-order valence-corrected chi connectivity index (χ3v) is 3.22. The highest BCUT2D eigenvalue weighted by Gasteiger charge is 2.34. The Kier molecular flexibility index (Phi) is 5.25. The molecular weight excluding hydrogens is 229 g/mol. The molecule has 1 unspecified atom stereocenters. The predicted octanol–water partition coefficient (Wildman–Crippen LogP) is 2.79. The molecule has 1 N–H and O–H groups in total. The molecule has 1 saturated heterocycles. The zero-order chi connectivity index (χ0) is 12.9. The molecule has 1 atom stereocenters. The number of nitrogens with one attached hydrogen (secondary N) is 1.